The number of carbonyl (C=O) groups is 2. The molecule has 0 saturated heterocycles. The molecule has 0 aromatic heterocycles. The van der Waals surface area contributed by atoms with Gasteiger partial charge in [-0.3, -0.25) is 9.59 Å². The zero-order valence-electron chi connectivity index (χ0n) is 13.7. The average molecular weight is 343 g/mol. The number of aliphatic hydroxyl groups excluding tert-OH is 1. The molecule has 6 heteroatoms. The van der Waals surface area contributed by atoms with Gasteiger partial charge in [0.25, 0.3) is 0 Å². The van der Waals surface area contributed by atoms with Crippen LogP contribution in [0.5, 0.6) is 11.5 Å². The minimum absolute atomic E-state index is 0.0438. The van der Waals surface area contributed by atoms with Gasteiger partial charge in [-0.2, -0.15) is 0 Å². The van der Waals surface area contributed by atoms with Crippen molar-refractivity contribution < 1.29 is 24.9 Å². The molecule has 4 N–H and O–H groups in total. The second-order valence-electron chi connectivity index (χ2n) is 5.72. The molecule has 2 aromatic carbocycles. The Hall–Kier alpha value is -2.86. The lowest BCUT2D eigenvalue weighted by Crippen LogP contribution is -2.38. The highest BCUT2D eigenvalue weighted by molar-refractivity contribution is 6.02. The third kappa shape index (κ3) is 5.32. The summed E-state index contributed by atoms with van der Waals surface area (Å²) in [6.45, 7) is -0.124. The number of benzene rings is 2. The molecule has 25 heavy (non-hydrogen) atoms. The van der Waals surface area contributed by atoms with E-state index in [1.165, 1.54) is 18.2 Å². The van der Waals surface area contributed by atoms with Gasteiger partial charge in [0, 0.05) is 13.0 Å². The molecule has 0 spiro atoms. The van der Waals surface area contributed by atoms with Gasteiger partial charge in [-0.15, -0.1) is 0 Å². The van der Waals surface area contributed by atoms with Gasteiger partial charge in [-0.05, 0) is 29.7 Å². The normalized spacial score (nSPS) is 11.7. The maximum atomic E-state index is 12.7. The van der Waals surface area contributed by atoms with Gasteiger partial charge in [0.15, 0.2) is 11.5 Å². The maximum Gasteiger partial charge on any atom is 0.231 e. The molecule has 132 valence electrons. The molecule has 6 nitrogen and oxygen atoms in total. The summed E-state index contributed by atoms with van der Waals surface area (Å²) in [7, 11) is 0. The standard InChI is InChI=1S/C19H21NO5/c21-9-8-20-19(25)15(10-13-4-2-1-3-5-13)17(23)11-14-6-7-16(22)18(24)12-14/h1-7,12,15,21-22,24H,8-11H2,(H,20,25). The molecule has 0 saturated carbocycles. The molecule has 0 heterocycles. The Kier molecular flexibility index (Phi) is 6.54. The third-order valence-corrected chi connectivity index (χ3v) is 3.82. The molecule has 2 rings (SSSR count). The van der Waals surface area contributed by atoms with E-state index in [0.29, 0.717) is 5.56 Å². The van der Waals surface area contributed by atoms with E-state index in [1.807, 2.05) is 30.3 Å². The van der Waals surface area contributed by atoms with E-state index < -0.39 is 11.8 Å². The average Bonchev–Trinajstić information content (AvgIpc) is 2.61. The molecular weight excluding hydrogens is 322 g/mol. The Labute approximate surface area is 145 Å². The molecule has 0 aliphatic rings. The first-order valence-corrected chi connectivity index (χ1v) is 7.97. The predicted molar refractivity (Wildman–Crippen MR) is 92.2 cm³/mol. The van der Waals surface area contributed by atoms with Gasteiger partial charge in [-0.25, -0.2) is 0 Å². The van der Waals surface area contributed by atoms with Gasteiger partial charge in [0.2, 0.25) is 5.91 Å². The fraction of sp³-hybridized carbons (Fsp3) is 0.263. The number of aromatic hydroxyl groups is 2. The lowest BCUT2D eigenvalue weighted by molar-refractivity contribution is -0.133. The molecule has 0 fully saturated rings. The van der Waals surface area contributed by atoms with Gasteiger partial charge < -0.3 is 20.6 Å². The fourth-order valence-electron chi connectivity index (χ4n) is 2.51. The third-order valence-electron chi connectivity index (χ3n) is 3.82. The van der Waals surface area contributed by atoms with Crippen LogP contribution in [-0.4, -0.2) is 40.2 Å². The molecule has 2 aromatic rings. The van der Waals surface area contributed by atoms with Crippen LogP contribution in [0.3, 0.4) is 0 Å². The number of ketones is 1. The van der Waals surface area contributed by atoms with E-state index in [-0.39, 0.29) is 43.3 Å². The minimum atomic E-state index is -0.898. The molecule has 1 unspecified atom stereocenters. The zero-order chi connectivity index (χ0) is 18.2. The number of amides is 1. The number of hydrogen-bond acceptors (Lipinski definition) is 5. The highest BCUT2D eigenvalue weighted by Gasteiger charge is 2.26. The van der Waals surface area contributed by atoms with Crippen molar-refractivity contribution in [3.8, 4) is 11.5 Å². The first-order chi connectivity index (χ1) is 12.0. The van der Waals surface area contributed by atoms with E-state index in [4.69, 9.17) is 5.11 Å². The van der Waals surface area contributed by atoms with Crippen LogP contribution in [0.1, 0.15) is 11.1 Å². The van der Waals surface area contributed by atoms with Crippen LogP contribution < -0.4 is 5.32 Å². The SMILES string of the molecule is O=C(Cc1ccc(O)c(O)c1)C(Cc1ccccc1)C(=O)NCCO. The summed E-state index contributed by atoms with van der Waals surface area (Å²) in [4.78, 5) is 25.0. The Morgan fingerprint density at radius 3 is 2.32 bits per heavy atom. The van der Waals surface area contributed by atoms with Crippen LogP contribution in [0.2, 0.25) is 0 Å². The number of aliphatic hydroxyl groups is 1. The molecule has 0 bridgehead atoms. The van der Waals surface area contributed by atoms with Crippen molar-refractivity contribution in [1.29, 1.82) is 0 Å². The molecular formula is C19H21NO5. The van der Waals surface area contributed by atoms with Crippen LogP contribution in [0, 0.1) is 5.92 Å². The van der Waals surface area contributed by atoms with Crippen LogP contribution in [0.25, 0.3) is 0 Å². The summed E-state index contributed by atoms with van der Waals surface area (Å²) in [5.41, 5.74) is 1.36. The molecule has 0 radical (unpaired) electrons. The molecule has 1 atom stereocenters. The highest BCUT2D eigenvalue weighted by Crippen LogP contribution is 2.25. The van der Waals surface area contributed by atoms with Crippen molar-refractivity contribution in [3.05, 3.63) is 59.7 Å². The number of rotatable bonds is 8. The number of phenolic OH excluding ortho intramolecular Hbond substituents is 2. The molecule has 0 aliphatic heterocycles. The van der Waals surface area contributed by atoms with Gasteiger partial charge in [0.1, 0.15) is 11.7 Å². The smallest absolute Gasteiger partial charge is 0.231 e. The number of Topliss-reactive ketones (excluding diaryl/α,β-unsaturated/α-hetero) is 1. The highest BCUT2D eigenvalue weighted by atomic mass is 16.3. The minimum Gasteiger partial charge on any atom is -0.504 e. The number of carbonyl (C=O) groups excluding carboxylic acids is 2. The lowest BCUT2D eigenvalue weighted by atomic mass is 9.90. The fourth-order valence-corrected chi connectivity index (χ4v) is 2.51. The van der Waals surface area contributed by atoms with Crippen molar-refractivity contribution in [1.82, 2.24) is 5.32 Å². The van der Waals surface area contributed by atoms with E-state index in [1.54, 1.807) is 0 Å². The maximum absolute atomic E-state index is 12.7. The van der Waals surface area contributed by atoms with Crippen molar-refractivity contribution in [2.45, 2.75) is 12.8 Å². The zero-order valence-corrected chi connectivity index (χ0v) is 13.7. The Morgan fingerprint density at radius 2 is 1.68 bits per heavy atom. The monoisotopic (exact) mass is 343 g/mol. The summed E-state index contributed by atoms with van der Waals surface area (Å²) >= 11 is 0. The molecule has 0 aliphatic carbocycles. The Morgan fingerprint density at radius 1 is 0.960 bits per heavy atom. The van der Waals surface area contributed by atoms with E-state index in [2.05, 4.69) is 5.32 Å². The molecule has 1 amide bonds. The first-order valence-electron chi connectivity index (χ1n) is 7.97. The van der Waals surface area contributed by atoms with E-state index >= 15 is 0 Å². The van der Waals surface area contributed by atoms with Crippen LogP contribution in [0.15, 0.2) is 48.5 Å². The van der Waals surface area contributed by atoms with Crippen molar-refractivity contribution in [3.63, 3.8) is 0 Å². The second kappa shape index (κ2) is 8.84. The summed E-state index contributed by atoms with van der Waals surface area (Å²) in [6.07, 6.45) is 0.207. The van der Waals surface area contributed by atoms with Gasteiger partial charge in [0.05, 0.1) is 6.61 Å². The number of hydrogen-bond donors (Lipinski definition) is 4. The summed E-state index contributed by atoms with van der Waals surface area (Å²) in [6, 6.07) is 13.3. The van der Waals surface area contributed by atoms with E-state index in [9.17, 15) is 19.8 Å². The van der Waals surface area contributed by atoms with Crippen LogP contribution in [0.4, 0.5) is 0 Å². The topological polar surface area (TPSA) is 107 Å². The quantitative estimate of drug-likeness (QED) is 0.425. The predicted octanol–water partition coefficient (Wildman–Crippen LogP) is 1.18. The van der Waals surface area contributed by atoms with Crippen LogP contribution in [-0.2, 0) is 22.4 Å². The Balaban J connectivity index is 2.16. The Bertz CT molecular complexity index is 730. The number of nitrogens with one attached hydrogen (secondary N) is 1. The van der Waals surface area contributed by atoms with Crippen LogP contribution >= 0.6 is 0 Å². The second-order valence-corrected chi connectivity index (χ2v) is 5.72. The van der Waals surface area contributed by atoms with Crippen molar-refractivity contribution >= 4 is 11.7 Å². The summed E-state index contributed by atoms with van der Waals surface area (Å²) in [5, 5.41) is 30.3. The summed E-state index contributed by atoms with van der Waals surface area (Å²) < 4.78 is 0. The van der Waals surface area contributed by atoms with E-state index in [0.717, 1.165) is 5.56 Å². The number of phenols is 2. The van der Waals surface area contributed by atoms with Crippen molar-refractivity contribution in [2.24, 2.45) is 5.92 Å². The summed E-state index contributed by atoms with van der Waals surface area (Å²) in [5.74, 6) is -2.22. The van der Waals surface area contributed by atoms with Crippen molar-refractivity contribution in [2.75, 3.05) is 13.2 Å². The lowest BCUT2D eigenvalue weighted by Gasteiger charge is -2.16. The van der Waals surface area contributed by atoms with Gasteiger partial charge in [-0.1, -0.05) is 36.4 Å². The largest absolute Gasteiger partial charge is 0.504 e. The van der Waals surface area contributed by atoms with Gasteiger partial charge >= 0.3 is 0 Å². The first kappa shape index (κ1) is 18.5.